The molecule has 0 saturated carbocycles. The zero-order valence-electron chi connectivity index (χ0n) is 45.5. The molecule has 10 heteroatoms. The molecule has 10 nitrogen and oxygen atoms in total. The Bertz CT molecular complexity index is 5140. The Balaban J connectivity index is 1.39. The minimum absolute atomic E-state index is 0.0539. The predicted molar refractivity (Wildman–Crippen MR) is 328 cm³/mol. The summed E-state index contributed by atoms with van der Waals surface area (Å²) in [5.74, 6) is -0.286. The molecule has 4 aromatic heterocycles. The van der Waals surface area contributed by atoms with Crippen LogP contribution < -0.4 is 22.2 Å². The van der Waals surface area contributed by atoms with Gasteiger partial charge in [-0.15, -0.1) is 0 Å². The van der Waals surface area contributed by atoms with Crippen LogP contribution >= 0.6 is 0 Å². The van der Waals surface area contributed by atoms with Crippen LogP contribution in [0.25, 0.3) is 142 Å². The zero-order chi connectivity index (χ0) is 55.3. The Kier molecular flexibility index (Phi) is 10.8. The lowest BCUT2D eigenvalue weighted by molar-refractivity contribution is 0.656. The van der Waals surface area contributed by atoms with Gasteiger partial charge in [-0.05, 0) is 88.9 Å². The number of aromatic nitrogens is 2. The van der Waals surface area contributed by atoms with Crippen LogP contribution in [-0.2, 0) is 0 Å². The molecule has 392 valence electrons. The van der Waals surface area contributed by atoms with Gasteiger partial charge in [-0.25, -0.2) is 9.13 Å². The van der Waals surface area contributed by atoms with Crippen molar-refractivity contribution in [2.75, 3.05) is 0 Å². The average molecular weight is 1050 g/mol. The van der Waals surface area contributed by atoms with Crippen LogP contribution in [0.3, 0.4) is 0 Å². The normalized spacial score (nSPS) is 12.8. The largest absolute Gasteiger partial charge is 0.456 e. The smallest absolute Gasteiger partial charge is 0.266 e. The van der Waals surface area contributed by atoms with Crippen molar-refractivity contribution in [3.63, 3.8) is 0 Å². The van der Waals surface area contributed by atoms with Crippen molar-refractivity contribution in [1.82, 2.24) is 9.13 Å². The van der Waals surface area contributed by atoms with Gasteiger partial charge >= 0.3 is 0 Å². The van der Waals surface area contributed by atoms with Crippen LogP contribution in [0.2, 0.25) is 0 Å². The van der Waals surface area contributed by atoms with Crippen LogP contribution in [0.5, 0.6) is 0 Å². The monoisotopic (exact) mass is 1050 g/mol. The highest BCUT2D eigenvalue weighted by atomic mass is 16.3. The Morgan fingerprint density at radius 2 is 0.713 bits per heavy atom. The molecule has 10 aromatic carbocycles. The van der Waals surface area contributed by atoms with Crippen molar-refractivity contribution in [2.45, 2.75) is 67.2 Å². The topological polar surface area (TPSA) is 131 Å². The molecule has 14 aromatic rings. The number of fused-ring (bicyclic) bond motifs is 6. The van der Waals surface area contributed by atoms with Gasteiger partial charge in [0.25, 0.3) is 22.2 Å². The first-order chi connectivity index (χ1) is 38.6. The Hall–Kier alpha value is -9.54. The Labute approximate surface area is 456 Å². The number of allylic oxidation sites excluding steroid dienone is 3. The molecular formula is C70H54N2O8. The van der Waals surface area contributed by atoms with E-state index in [-0.39, 0.29) is 67.5 Å². The van der Waals surface area contributed by atoms with Gasteiger partial charge in [-0.2, -0.15) is 0 Å². The van der Waals surface area contributed by atoms with Gasteiger partial charge in [-0.3, -0.25) is 19.2 Å². The molecule has 0 bridgehead atoms. The van der Waals surface area contributed by atoms with E-state index in [1.54, 1.807) is 24.3 Å². The molecule has 0 aliphatic carbocycles. The molecule has 0 atom stereocenters. The first kappa shape index (κ1) is 48.8. The van der Waals surface area contributed by atoms with Crippen LogP contribution in [0.4, 0.5) is 0 Å². The fourth-order valence-electron chi connectivity index (χ4n) is 12.5. The van der Waals surface area contributed by atoms with E-state index in [2.05, 4.69) is 34.3 Å². The van der Waals surface area contributed by atoms with E-state index in [4.69, 9.17) is 17.7 Å². The molecular weight excluding hydrogens is 997 g/mol. The lowest BCUT2D eigenvalue weighted by atomic mass is 9.84. The second kappa shape index (κ2) is 17.7. The van der Waals surface area contributed by atoms with Gasteiger partial charge < -0.3 is 17.7 Å². The van der Waals surface area contributed by atoms with E-state index >= 15 is 19.2 Å². The summed E-state index contributed by atoms with van der Waals surface area (Å²) in [6, 6.07) is 43.5. The Morgan fingerprint density at radius 1 is 0.388 bits per heavy atom. The fourth-order valence-corrected chi connectivity index (χ4v) is 12.5. The Morgan fingerprint density at radius 3 is 1.02 bits per heavy atom. The minimum Gasteiger partial charge on any atom is -0.456 e. The third-order valence-corrected chi connectivity index (χ3v) is 16.2. The maximum atomic E-state index is 16.1. The lowest BCUT2D eigenvalue weighted by Gasteiger charge is -2.23. The van der Waals surface area contributed by atoms with E-state index in [0.29, 0.717) is 104 Å². The number of rotatable bonds is 7. The van der Waals surface area contributed by atoms with Crippen molar-refractivity contribution in [3.8, 4) is 5.69 Å². The van der Waals surface area contributed by atoms with Gasteiger partial charge in [0.05, 0.1) is 32.9 Å². The van der Waals surface area contributed by atoms with Crippen LogP contribution in [-0.4, -0.2) is 9.13 Å². The zero-order valence-corrected chi connectivity index (χ0v) is 45.5. The molecule has 0 unspecified atom stereocenters. The first-order valence-electron chi connectivity index (χ1n) is 27.4. The van der Waals surface area contributed by atoms with Gasteiger partial charge in [0.1, 0.15) is 44.7 Å². The summed E-state index contributed by atoms with van der Waals surface area (Å²) in [5, 5.41) is 7.29. The molecule has 0 spiro atoms. The molecule has 0 aliphatic heterocycles. The molecule has 4 heterocycles. The van der Waals surface area contributed by atoms with Gasteiger partial charge in [0.15, 0.2) is 0 Å². The molecule has 14 rings (SSSR count). The third-order valence-electron chi connectivity index (χ3n) is 16.2. The summed E-state index contributed by atoms with van der Waals surface area (Å²) in [7, 11) is 0. The number of nitrogens with zero attached hydrogens (tertiary/aromatic N) is 2. The van der Waals surface area contributed by atoms with E-state index in [1.165, 1.54) is 9.13 Å². The van der Waals surface area contributed by atoms with Crippen LogP contribution in [0.15, 0.2) is 195 Å². The molecule has 0 aliphatic rings. The van der Waals surface area contributed by atoms with Gasteiger partial charge in [0, 0.05) is 64.6 Å². The van der Waals surface area contributed by atoms with E-state index in [9.17, 15) is 0 Å². The van der Waals surface area contributed by atoms with Gasteiger partial charge in [-0.1, -0.05) is 159 Å². The molecule has 0 N–H and O–H groups in total. The third kappa shape index (κ3) is 6.90. The summed E-state index contributed by atoms with van der Waals surface area (Å²) in [5.41, 5.74) is 4.10. The van der Waals surface area contributed by atoms with Crippen molar-refractivity contribution in [1.29, 1.82) is 0 Å². The van der Waals surface area contributed by atoms with Gasteiger partial charge in [0.2, 0.25) is 0 Å². The van der Waals surface area contributed by atoms with E-state index < -0.39 is 22.2 Å². The SMILES string of the molecule is C=C(/C(=C/C(C)C)n1c(=O)c2cc3oc4ccccc4c4ccccc4oc4cc5c(=O)n(-c6c(C(C)C)cccc6C(C)C)c(=O)c6cc7oc8ccccc8c8ccccc8oc8cc(c1=O)c2c1c3c4c(c56)c7c81)C(C)C. The summed E-state index contributed by atoms with van der Waals surface area (Å²) in [6.45, 7) is 20.7. The van der Waals surface area contributed by atoms with Crippen LogP contribution in [0, 0.1) is 11.8 Å². The second-order valence-corrected chi connectivity index (χ2v) is 22.5. The molecule has 0 saturated heterocycles. The van der Waals surface area contributed by atoms with E-state index in [1.807, 2.05) is 149 Å². The highest BCUT2D eigenvalue weighted by molar-refractivity contribution is 6.47. The number of pyridine rings is 2. The minimum atomic E-state index is -0.555. The highest BCUT2D eigenvalue weighted by Crippen LogP contribution is 2.51. The molecule has 0 fully saturated rings. The number of para-hydroxylation sites is 5. The molecule has 80 heavy (non-hydrogen) atoms. The summed E-state index contributed by atoms with van der Waals surface area (Å²) >= 11 is 0. The van der Waals surface area contributed by atoms with Crippen LogP contribution in [0.1, 0.15) is 78.4 Å². The highest BCUT2D eigenvalue weighted by Gasteiger charge is 2.32. The van der Waals surface area contributed by atoms with E-state index in [0.717, 1.165) is 11.1 Å². The predicted octanol–water partition coefficient (Wildman–Crippen LogP) is 17.4. The molecule has 0 radical (unpaired) electrons. The molecule has 0 amide bonds. The average Bonchev–Trinajstić information content (AvgIpc) is 3.57. The first-order valence-corrected chi connectivity index (χ1v) is 27.4. The summed E-state index contributed by atoms with van der Waals surface area (Å²) in [4.78, 5) is 64.0. The fraction of sp³-hybridized carbons (Fsp3) is 0.171. The maximum Gasteiger partial charge on any atom is 0.266 e. The number of hydrogen-bond acceptors (Lipinski definition) is 8. The summed E-state index contributed by atoms with van der Waals surface area (Å²) in [6.07, 6.45) is 1.92. The van der Waals surface area contributed by atoms with Crippen molar-refractivity contribution in [3.05, 3.63) is 210 Å². The lowest BCUT2D eigenvalue weighted by Crippen LogP contribution is -2.34. The second-order valence-electron chi connectivity index (χ2n) is 22.5. The van der Waals surface area contributed by atoms with Crippen molar-refractivity contribution in [2.24, 2.45) is 11.8 Å². The summed E-state index contributed by atoms with van der Waals surface area (Å²) < 4.78 is 32.1. The standard InChI is InChI=1S/C70H54N2O8/c1-34(2)29-49(38(9)35(3)4)71-67(73)45-30-54-60-62-56(79-52-27-16-12-21-43(52)41-19-10-14-25-50(41)77-54)32-47-59-48(70(76)72(69(47)75)66-39(36(5)6)23-18-24-40(66)37(7)8)33-57-63(65(59)62)61-55(31-46(68(71)74)58(45)64(60)61)78-51-26-15-11-20-42(51)44-22-13-17-28-53(44)80-57/h10-37H,9H2,1-8H3/b49-29-. The quantitative estimate of drug-likeness (QED) is 0.0876. The maximum absolute atomic E-state index is 16.1. The van der Waals surface area contributed by atoms with Crippen molar-refractivity contribution < 1.29 is 17.7 Å². The number of hydrogen-bond donors (Lipinski definition) is 0. The number of benzene rings is 10. The van der Waals surface area contributed by atoms with Crippen molar-refractivity contribution >= 4 is 137 Å².